The maximum atomic E-state index is 12.9. The van der Waals surface area contributed by atoms with Gasteiger partial charge in [-0.3, -0.25) is 9.89 Å². The van der Waals surface area contributed by atoms with E-state index in [2.05, 4.69) is 68.1 Å². The zero-order valence-corrected chi connectivity index (χ0v) is 21.6. The smallest absolute Gasteiger partial charge is 0.227 e. The second-order valence-electron chi connectivity index (χ2n) is 11.1. The molecule has 2 aromatic heterocycles. The summed E-state index contributed by atoms with van der Waals surface area (Å²) in [5.74, 6) is 3.16. The molecule has 3 aliphatic carbocycles. The lowest BCUT2D eigenvalue weighted by Crippen LogP contribution is -2.45. The lowest BCUT2D eigenvalue weighted by atomic mass is 9.90. The van der Waals surface area contributed by atoms with Gasteiger partial charge < -0.3 is 15.5 Å². The molecule has 0 atom stereocenters. The van der Waals surface area contributed by atoms with Crippen LogP contribution in [0.4, 0.5) is 17.6 Å². The van der Waals surface area contributed by atoms with Gasteiger partial charge in [-0.25, -0.2) is 4.98 Å². The number of hydrogen-bond acceptors (Lipinski definition) is 6. The van der Waals surface area contributed by atoms with Crippen LogP contribution in [-0.2, 0) is 17.6 Å². The number of anilines is 3. The van der Waals surface area contributed by atoms with Crippen molar-refractivity contribution in [3.63, 3.8) is 0 Å². The summed E-state index contributed by atoms with van der Waals surface area (Å²) in [6.07, 6.45) is 12.6. The van der Waals surface area contributed by atoms with E-state index in [-0.39, 0.29) is 17.9 Å². The monoisotopic (exact) mass is 499 g/mol. The van der Waals surface area contributed by atoms with E-state index in [1.54, 1.807) is 6.20 Å². The van der Waals surface area contributed by atoms with Gasteiger partial charge in [-0.1, -0.05) is 37.1 Å². The standard InChI is InChI=1S/C29H37N7O/c1-36(29-30-15-14-26(33-29)32-27-18-25(34-35-27)19-6-2-3-7-19)24-12-10-23(11-13-24)31-28(37)22-16-20-8-4-5-9-21(20)17-22/h4-5,8-9,14-15,18-19,22-24H,2-3,6-7,10-13,16-17H2,1H3,(H,31,37)(H2,30,32,33,34,35). The lowest BCUT2D eigenvalue weighted by Gasteiger charge is -2.35. The Balaban J connectivity index is 1.00. The maximum absolute atomic E-state index is 12.9. The van der Waals surface area contributed by atoms with Crippen molar-refractivity contribution in [2.24, 2.45) is 5.92 Å². The summed E-state index contributed by atoms with van der Waals surface area (Å²) in [5.41, 5.74) is 3.87. The van der Waals surface area contributed by atoms with Gasteiger partial charge in [0.25, 0.3) is 0 Å². The predicted molar refractivity (Wildman–Crippen MR) is 145 cm³/mol. The molecule has 2 saturated carbocycles. The molecule has 8 nitrogen and oxygen atoms in total. The molecule has 1 aromatic carbocycles. The molecule has 3 aromatic rings. The number of fused-ring (bicyclic) bond motifs is 1. The average molecular weight is 500 g/mol. The van der Waals surface area contributed by atoms with E-state index >= 15 is 0 Å². The molecule has 0 bridgehead atoms. The highest BCUT2D eigenvalue weighted by Crippen LogP contribution is 2.34. The summed E-state index contributed by atoms with van der Waals surface area (Å²) in [4.78, 5) is 24.4. The van der Waals surface area contributed by atoms with Crippen molar-refractivity contribution in [1.82, 2.24) is 25.5 Å². The van der Waals surface area contributed by atoms with Crippen molar-refractivity contribution < 1.29 is 4.79 Å². The predicted octanol–water partition coefficient (Wildman–Crippen LogP) is 4.88. The van der Waals surface area contributed by atoms with Gasteiger partial charge in [-0.05, 0) is 68.6 Å². The molecular weight excluding hydrogens is 462 g/mol. The number of aromatic nitrogens is 4. The minimum absolute atomic E-state index is 0.0743. The molecular formula is C29H37N7O. The summed E-state index contributed by atoms with van der Waals surface area (Å²) in [6.45, 7) is 0. The second-order valence-corrected chi connectivity index (χ2v) is 11.1. The van der Waals surface area contributed by atoms with E-state index in [1.165, 1.54) is 42.5 Å². The number of H-pyrrole nitrogens is 1. The molecule has 8 heteroatoms. The molecule has 2 fully saturated rings. The normalized spacial score (nSPS) is 22.1. The fraction of sp³-hybridized carbons (Fsp3) is 0.517. The number of amides is 1. The van der Waals surface area contributed by atoms with Crippen LogP contribution >= 0.6 is 0 Å². The van der Waals surface area contributed by atoms with E-state index in [0.29, 0.717) is 17.9 Å². The van der Waals surface area contributed by atoms with Gasteiger partial charge in [0, 0.05) is 48.9 Å². The molecule has 3 N–H and O–H groups in total. The van der Waals surface area contributed by atoms with Crippen molar-refractivity contribution in [3.8, 4) is 0 Å². The summed E-state index contributed by atoms with van der Waals surface area (Å²) >= 11 is 0. The van der Waals surface area contributed by atoms with Crippen LogP contribution in [0.3, 0.4) is 0 Å². The van der Waals surface area contributed by atoms with Crippen LogP contribution in [0.5, 0.6) is 0 Å². The third kappa shape index (κ3) is 5.33. The molecule has 6 rings (SSSR count). The quantitative estimate of drug-likeness (QED) is 0.429. The molecule has 1 amide bonds. The number of carbonyl (C=O) groups excluding carboxylic acids is 1. The van der Waals surface area contributed by atoms with Gasteiger partial charge in [0.1, 0.15) is 5.82 Å². The van der Waals surface area contributed by atoms with E-state index in [1.807, 2.05) is 6.07 Å². The third-order valence-corrected chi connectivity index (χ3v) is 8.62. The van der Waals surface area contributed by atoms with Crippen molar-refractivity contribution in [3.05, 3.63) is 59.4 Å². The van der Waals surface area contributed by atoms with Crippen LogP contribution in [-0.4, -0.2) is 45.2 Å². The van der Waals surface area contributed by atoms with Crippen LogP contribution in [0.1, 0.15) is 74.1 Å². The molecule has 2 heterocycles. The Kier molecular flexibility index (Phi) is 6.81. The molecule has 3 aliphatic rings. The molecule has 0 aliphatic heterocycles. The zero-order chi connectivity index (χ0) is 25.2. The minimum Gasteiger partial charge on any atom is -0.353 e. The highest BCUT2D eigenvalue weighted by Gasteiger charge is 2.31. The molecule has 0 saturated heterocycles. The second kappa shape index (κ2) is 10.5. The van der Waals surface area contributed by atoms with Gasteiger partial charge in [0.2, 0.25) is 11.9 Å². The van der Waals surface area contributed by atoms with Crippen molar-refractivity contribution in [2.45, 2.75) is 82.2 Å². The highest BCUT2D eigenvalue weighted by molar-refractivity contribution is 5.80. The van der Waals surface area contributed by atoms with Gasteiger partial charge >= 0.3 is 0 Å². The number of hydrogen-bond donors (Lipinski definition) is 3. The van der Waals surface area contributed by atoms with Gasteiger partial charge in [0.05, 0.1) is 0 Å². The number of rotatable bonds is 7. The van der Waals surface area contributed by atoms with E-state index in [9.17, 15) is 4.79 Å². The zero-order valence-electron chi connectivity index (χ0n) is 21.6. The Morgan fingerprint density at radius 3 is 2.43 bits per heavy atom. The lowest BCUT2D eigenvalue weighted by molar-refractivity contribution is -0.125. The summed E-state index contributed by atoms with van der Waals surface area (Å²) < 4.78 is 0. The summed E-state index contributed by atoms with van der Waals surface area (Å²) in [5, 5.41) is 14.3. The molecule has 0 unspecified atom stereocenters. The van der Waals surface area contributed by atoms with Gasteiger partial charge in [-0.15, -0.1) is 0 Å². The van der Waals surface area contributed by atoms with Crippen LogP contribution in [0, 0.1) is 5.92 Å². The fourth-order valence-electron chi connectivity index (χ4n) is 6.40. The largest absolute Gasteiger partial charge is 0.353 e. The first kappa shape index (κ1) is 23.9. The minimum atomic E-state index is 0.0743. The molecule has 0 radical (unpaired) electrons. The first-order chi connectivity index (χ1) is 18.1. The van der Waals surface area contributed by atoms with Crippen LogP contribution in [0.2, 0.25) is 0 Å². The highest BCUT2D eigenvalue weighted by atomic mass is 16.1. The molecule has 0 spiro atoms. The fourth-order valence-corrected chi connectivity index (χ4v) is 6.40. The average Bonchev–Trinajstić information content (AvgIpc) is 3.70. The number of carbonyl (C=O) groups is 1. The maximum Gasteiger partial charge on any atom is 0.227 e. The third-order valence-electron chi connectivity index (χ3n) is 8.62. The van der Waals surface area contributed by atoms with E-state index in [0.717, 1.165) is 50.2 Å². The van der Waals surface area contributed by atoms with Gasteiger partial charge in [0.15, 0.2) is 5.82 Å². The Labute approximate surface area is 218 Å². The topological polar surface area (TPSA) is 98.8 Å². The number of nitrogens with zero attached hydrogens (tertiary/aromatic N) is 4. The SMILES string of the molecule is CN(c1nccc(Nc2cc(C3CCCC3)[nH]n2)n1)C1CCC(NC(=O)C2Cc3ccccc3C2)CC1. The van der Waals surface area contributed by atoms with E-state index in [4.69, 9.17) is 4.98 Å². The van der Waals surface area contributed by atoms with Crippen LogP contribution < -0.4 is 15.5 Å². The van der Waals surface area contributed by atoms with Crippen molar-refractivity contribution in [2.75, 3.05) is 17.3 Å². The Hall–Kier alpha value is -3.42. The van der Waals surface area contributed by atoms with E-state index < -0.39 is 0 Å². The number of benzene rings is 1. The molecule has 194 valence electrons. The van der Waals surface area contributed by atoms with Crippen molar-refractivity contribution >= 4 is 23.5 Å². The number of nitrogens with one attached hydrogen (secondary N) is 3. The summed E-state index contributed by atoms with van der Waals surface area (Å²) in [7, 11) is 2.07. The Bertz CT molecular complexity index is 1200. The van der Waals surface area contributed by atoms with Gasteiger partial charge in [-0.2, -0.15) is 10.1 Å². The van der Waals surface area contributed by atoms with Crippen LogP contribution in [0.25, 0.3) is 0 Å². The Morgan fingerprint density at radius 1 is 0.973 bits per heavy atom. The summed E-state index contributed by atoms with van der Waals surface area (Å²) in [6, 6.07) is 13.0. The first-order valence-electron chi connectivity index (χ1n) is 13.9. The number of aromatic amines is 1. The van der Waals surface area contributed by atoms with Crippen LogP contribution in [0.15, 0.2) is 42.6 Å². The van der Waals surface area contributed by atoms with Crippen molar-refractivity contribution in [1.29, 1.82) is 0 Å². The molecule has 37 heavy (non-hydrogen) atoms. The Morgan fingerprint density at radius 2 is 1.70 bits per heavy atom. The first-order valence-corrected chi connectivity index (χ1v) is 13.9.